The molecule has 0 bridgehead atoms. The summed E-state index contributed by atoms with van der Waals surface area (Å²) < 4.78 is 1.41. The summed E-state index contributed by atoms with van der Waals surface area (Å²) in [6, 6.07) is 11.6. The zero-order valence-corrected chi connectivity index (χ0v) is 9.20. The van der Waals surface area contributed by atoms with Gasteiger partial charge in [0.15, 0.2) is 0 Å². The summed E-state index contributed by atoms with van der Waals surface area (Å²) in [5.74, 6) is 0. The highest BCUT2D eigenvalue weighted by Crippen LogP contribution is 2.12. The van der Waals surface area contributed by atoms with E-state index in [0.29, 0.717) is 11.0 Å². The fourth-order valence-corrected chi connectivity index (χ4v) is 1.73. The summed E-state index contributed by atoms with van der Waals surface area (Å²) >= 11 is 0. The van der Waals surface area contributed by atoms with E-state index in [1.54, 1.807) is 12.1 Å². The Morgan fingerprint density at radius 1 is 1.00 bits per heavy atom. The second-order valence-electron chi connectivity index (χ2n) is 3.72. The molecule has 0 amide bonds. The van der Waals surface area contributed by atoms with Crippen molar-refractivity contribution in [3.8, 4) is 5.69 Å². The molecule has 0 atom stereocenters. The number of para-hydroxylation sites is 1. The Hall–Kier alpha value is -2.76. The molecular weight excluding hydrogens is 232 g/mol. The van der Waals surface area contributed by atoms with Gasteiger partial charge in [0, 0.05) is 6.07 Å². The van der Waals surface area contributed by atoms with Crippen molar-refractivity contribution in [2.45, 2.75) is 0 Å². The van der Waals surface area contributed by atoms with Crippen LogP contribution in [0.2, 0.25) is 0 Å². The minimum Gasteiger partial charge on any atom is -0.287 e. The van der Waals surface area contributed by atoms with Crippen LogP contribution in [0, 0.1) is 0 Å². The highest BCUT2D eigenvalue weighted by molar-refractivity contribution is 5.75. The number of aromatic amines is 1. The van der Waals surface area contributed by atoms with Crippen LogP contribution < -0.4 is 11.1 Å². The van der Waals surface area contributed by atoms with Gasteiger partial charge in [0.2, 0.25) is 0 Å². The number of aromatic nitrogens is 4. The van der Waals surface area contributed by atoms with Gasteiger partial charge in [-0.1, -0.05) is 23.4 Å². The van der Waals surface area contributed by atoms with E-state index in [4.69, 9.17) is 0 Å². The minimum absolute atomic E-state index is 0.255. The van der Waals surface area contributed by atoms with Gasteiger partial charge in [0.25, 0.3) is 11.1 Å². The predicted molar refractivity (Wildman–Crippen MR) is 65.8 cm³/mol. The van der Waals surface area contributed by atoms with E-state index in [0.717, 1.165) is 0 Å². The molecule has 1 aromatic carbocycles. The van der Waals surface area contributed by atoms with E-state index in [1.165, 1.54) is 22.9 Å². The van der Waals surface area contributed by atoms with Gasteiger partial charge in [-0.15, -0.1) is 5.10 Å². The van der Waals surface area contributed by atoms with Crippen molar-refractivity contribution in [3.63, 3.8) is 0 Å². The largest absolute Gasteiger partial charge is 0.287 e. The predicted octanol–water partition coefficient (Wildman–Crippen LogP) is 0.469. The maximum Gasteiger partial charge on any atom is 0.276 e. The van der Waals surface area contributed by atoms with E-state index in [-0.39, 0.29) is 5.69 Å². The Kier molecular flexibility index (Phi) is 2.26. The number of hydrogen-bond donors (Lipinski definition) is 1. The molecule has 0 aliphatic rings. The number of nitrogens with one attached hydrogen (secondary N) is 1. The molecule has 0 saturated heterocycles. The van der Waals surface area contributed by atoms with Crippen LogP contribution in [0.1, 0.15) is 0 Å². The van der Waals surface area contributed by atoms with Crippen LogP contribution in [-0.4, -0.2) is 20.0 Å². The molecule has 1 N–H and O–H groups in total. The first-order chi connectivity index (χ1) is 8.75. The molecule has 0 aliphatic heterocycles. The monoisotopic (exact) mass is 240 g/mol. The van der Waals surface area contributed by atoms with Crippen LogP contribution in [0.3, 0.4) is 0 Å². The maximum atomic E-state index is 11.8. The Balaban J connectivity index is 2.38. The summed E-state index contributed by atoms with van der Waals surface area (Å²) in [5.41, 5.74) is 0.703. The molecule has 18 heavy (non-hydrogen) atoms. The molecular formula is C12H8N4O2. The third-order valence-electron chi connectivity index (χ3n) is 2.55. The van der Waals surface area contributed by atoms with Gasteiger partial charge >= 0.3 is 0 Å². The van der Waals surface area contributed by atoms with Gasteiger partial charge in [0.05, 0.1) is 5.52 Å². The molecule has 0 spiro atoms. The van der Waals surface area contributed by atoms with Gasteiger partial charge in [-0.05, 0) is 18.2 Å². The van der Waals surface area contributed by atoms with Crippen LogP contribution >= 0.6 is 0 Å². The number of nitrogens with zero attached hydrogens (tertiary/aromatic N) is 3. The highest BCUT2D eigenvalue weighted by Gasteiger charge is 2.07. The number of hydrogen-bond acceptors (Lipinski definition) is 4. The van der Waals surface area contributed by atoms with E-state index >= 15 is 0 Å². The van der Waals surface area contributed by atoms with E-state index in [9.17, 15) is 9.59 Å². The molecule has 6 heteroatoms. The second kappa shape index (κ2) is 3.92. The lowest BCUT2D eigenvalue weighted by molar-refractivity contribution is 0.815. The fourth-order valence-electron chi connectivity index (χ4n) is 1.73. The molecule has 3 rings (SSSR count). The first kappa shape index (κ1) is 10.4. The first-order valence-corrected chi connectivity index (χ1v) is 5.30. The van der Waals surface area contributed by atoms with Crippen LogP contribution in [0.15, 0.2) is 52.1 Å². The molecule has 2 aromatic heterocycles. The molecule has 0 unspecified atom stereocenters. The Morgan fingerprint density at radius 3 is 2.72 bits per heavy atom. The Morgan fingerprint density at radius 2 is 1.83 bits per heavy atom. The summed E-state index contributed by atoms with van der Waals surface area (Å²) in [4.78, 5) is 25.2. The van der Waals surface area contributed by atoms with Crippen molar-refractivity contribution >= 4 is 11.0 Å². The SMILES string of the molecule is O=c1cccc(-n2nnc3ccccc32)c(=O)[nH]1. The van der Waals surface area contributed by atoms with Crippen LogP contribution in [0.25, 0.3) is 16.7 Å². The van der Waals surface area contributed by atoms with Crippen molar-refractivity contribution in [1.82, 2.24) is 20.0 Å². The first-order valence-electron chi connectivity index (χ1n) is 5.30. The minimum atomic E-state index is -0.499. The van der Waals surface area contributed by atoms with Crippen molar-refractivity contribution in [2.24, 2.45) is 0 Å². The van der Waals surface area contributed by atoms with Gasteiger partial charge in [0.1, 0.15) is 11.2 Å². The third-order valence-corrected chi connectivity index (χ3v) is 2.55. The topological polar surface area (TPSA) is 80.6 Å². The summed E-state index contributed by atoms with van der Waals surface area (Å²) in [6.45, 7) is 0. The average Bonchev–Trinajstić information content (AvgIpc) is 2.70. The second-order valence-corrected chi connectivity index (χ2v) is 3.72. The number of H-pyrrole nitrogens is 1. The van der Waals surface area contributed by atoms with E-state index in [1.807, 2.05) is 12.1 Å². The van der Waals surface area contributed by atoms with Crippen LogP contribution in [0.4, 0.5) is 0 Å². The zero-order valence-electron chi connectivity index (χ0n) is 9.20. The normalized spacial score (nSPS) is 10.7. The molecule has 88 valence electrons. The maximum absolute atomic E-state index is 11.8. The molecule has 0 aliphatic carbocycles. The lowest BCUT2D eigenvalue weighted by Gasteiger charge is -1.96. The van der Waals surface area contributed by atoms with Crippen molar-refractivity contribution in [3.05, 3.63) is 63.2 Å². The van der Waals surface area contributed by atoms with Crippen LogP contribution in [0.5, 0.6) is 0 Å². The molecule has 3 aromatic rings. The molecule has 0 saturated carbocycles. The smallest absolute Gasteiger partial charge is 0.276 e. The lowest BCUT2D eigenvalue weighted by Crippen LogP contribution is -2.18. The zero-order chi connectivity index (χ0) is 12.5. The Labute approximate surface area is 101 Å². The highest BCUT2D eigenvalue weighted by atomic mass is 16.2. The van der Waals surface area contributed by atoms with E-state index < -0.39 is 11.1 Å². The van der Waals surface area contributed by atoms with Crippen molar-refractivity contribution in [1.29, 1.82) is 0 Å². The van der Waals surface area contributed by atoms with Gasteiger partial charge < -0.3 is 0 Å². The van der Waals surface area contributed by atoms with Gasteiger partial charge in [-0.2, -0.15) is 0 Å². The molecule has 0 fully saturated rings. The van der Waals surface area contributed by atoms with Gasteiger partial charge in [-0.3, -0.25) is 14.6 Å². The lowest BCUT2D eigenvalue weighted by atomic mass is 10.3. The Bertz CT molecular complexity index is 835. The summed E-state index contributed by atoms with van der Waals surface area (Å²) in [6.07, 6.45) is 0. The summed E-state index contributed by atoms with van der Waals surface area (Å²) in [5, 5.41) is 7.89. The third kappa shape index (κ3) is 1.60. The van der Waals surface area contributed by atoms with Gasteiger partial charge in [-0.25, -0.2) is 4.68 Å². The number of benzene rings is 1. The van der Waals surface area contributed by atoms with E-state index in [2.05, 4.69) is 15.3 Å². The molecule has 6 nitrogen and oxygen atoms in total. The number of rotatable bonds is 1. The fraction of sp³-hybridized carbons (Fsp3) is 0. The van der Waals surface area contributed by atoms with Crippen LogP contribution in [-0.2, 0) is 0 Å². The van der Waals surface area contributed by atoms with Crippen molar-refractivity contribution in [2.75, 3.05) is 0 Å². The van der Waals surface area contributed by atoms with Crippen molar-refractivity contribution < 1.29 is 0 Å². The molecule has 0 radical (unpaired) electrons. The number of fused-ring (bicyclic) bond motifs is 1. The molecule has 2 heterocycles. The quantitative estimate of drug-likeness (QED) is 0.670. The summed E-state index contributed by atoms with van der Waals surface area (Å²) in [7, 11) is 0. The standard InChI is InChI=1S/C12H8N4O2/c17-11-7-3-6-10(12(18)13-11)16-9-5-2-1-4-8(9)14-15-16/h1-7H,(H,13,17,18). The average molecular weight is 240 g/mol.